The number of hydrogen-bond donors (Lipinski definition) is 1. The molecule has 0 aromatic heterocycles. The molecule has 152 valence electrons. The molecule has 0 spiro atoms. The minimum atomic E-state index is -3.69. The van der Waals surface area contributed by atoms with E-state index in [0.717, 1.165) is 21.9 Å². The maximum Gasteiger partial charge on any atom is 0.244 e. The number of sulfonamides is 1. The van der Waals surface area contributed by atoms with Crippen molar-refractivity contribution in [3.8, 4) is 5.75 Å². The van der Waals surface area contributed by atoms with Gasteiger partial charge >= 0.3 is 0 Å². The molecule has 1 atom stereocenters. The van der Waals surface area contributed by atoms with Gasteiger partial charge in [-0.3, -0.25) is 9.10 Å². The van der Waals surface area contributed by atoms with Crippen LogP contribution in [0.2, 0.25) is 5.02 Å². The van der Waals surface area contributed by atoms with E-state index >= 15 is 0 Å². The van der Waals surface area contributed by atoms with Gasteiger partial charge < -0.3 is 10.1 Å². The summed E-state index contributed by atoms with van der Waals surface area (Å²) in [5.74, 6) is 0.384. The van der Waals surface area contributed by atoms with Crippen LogP contribution in [0.5, 0.6) is 5.75 Å². The van der Waals surface area contributed by atoms with Gasteiger partial charge in [-0.05, 0) is 49.2 Å². The molecular formula is C20H25ClN2O4S. The van der Waals surface area contributed by atoms with Crippen LogP contribution in [-0.4, -0.2) is 33.2 Å². The molecule has 0 aliphatic carbocycles. The summed E-state index contributed by atoms with van der Waals surface area (Å²) in [6, 6.07) is 13.0. The van der Waals surface area contributed by atoms with Gasteiger partial charge in [-0.2, -0.15) is 0 Å². The molecule has 2 aromatic rings. The lowest BCUT2D eigenvalue weighted by Gasteiger charge is -2.30. The zero-order valence-electron chi connectivity index (χ0n) is 16.2. The van der Waals surface area contributed by atoms with Crippen LogP contribution in [-0.2, 0) is 21.4 Å². The third-order valence-electron chi connectivity index (χ3n) is 4.09. The van der Waals surface area contributed by atoms with E-state index in [1.54, 1.807) is 25.1 Å². The first-order valence-electron chi connectivity index (χ1n) is 9.00. The number of carbonyl (C=O) groups is 1. The van der Waals surface area contributed by atoms with Gasteiger partial charge in [0.25, 0.3) is 0 Å². The van der Waals surface area contributed by atoms with E-state index < -0.39 is 16.1 Å². The highest BCUT2D eigenvalue weighted by Gasteiger charge is 2.31. The van der Waals surface area contributed by atoms with E-state index in [-0.39, 0.29) is 12.5 Å². The molecule has 2 rings (SSSR count). The van der Waals surface area contributed by atoms with Gasteiger partial charge in [0.05, 0.1) is 18.6 Å². The van der Waals surface area contributed by atoms with Crippen LogP contribution < -0.4 is 14.4 Å². The number of ether oxygens (including phenoxy) is 1. The zero-order valence-corrected chi connectivity index (χ0v) is 17.8. The van der Waals surface area contributed by atoms with Gasteiger partial charge in [-0.15, -0.1) is 0 Å². The molecule has 28 heavy (non-hydrogen) atoms. The quantitative estimate of drug-likeness (QED) is 0.667. The number of halogens is 1. The maximum atomic E-state index is 12.8. The fourth-order valence-corrected chi connectivity index (χ4v) is 4.24. The van der Waals surface area contributed by atoms with E-state index in [1.165, 1.54) is 6.07 Å². The van der Waals surface area contributed by atoms with E-state index in [1.807, 2.05) is 31.2 Å². The molecule has 0 fully saturated rings. The standard InChI is InChI=1S/C20H25ClN2O4S/c1-4-19(23(28(3,25)26)17-8-6-7-16(21)13-17)20(24)22-14-15-9-11-18(12-10-15)27-5-2/h6-13,19H,4-5,14H2,1-3H3,(H,22,24)/t19-/m0/s1. The average Bonchev–Trinajstić information content (AvgIpc) is 2.64. The van der Waals surface area contributed by atoms with Crippen molar-refractivity contribution in [1.82, 2.24) is 5.32 Å². The Morgan fingerprint density at radius 2 is 1.86 bits per heavy atom. The van der Waals surface area contributed by atoms with Crippen molar-refractivity contribution < 1.29 is 17.9 Å². The molecule has 0 unspecified atom stereocenters. The Bertz CT molecular complexity index is 901. The molecule has 0 bridgehead atoms. The second-order valence-electron chi connectivity index (χ2n) is 6.26. The van der Waals surface area contributed by atoms with Crippen LogP contribution in [0.15, 0.2) is 48.5 Å². The van der Waals surface area contributed by atoms with Gasteiger partial charge in [0.15, 0.2) is 0 Å². The van der Waals surface area contributed by atoms with Crippen LogP contribution >= 0.6 is 11.6 Å². The largest absolute Gasteiger partial charge is 0.494 e. The number of carbonyl (C=O) groups excluding carboxylic acids is 1. The Morgan fingerprint density at radius 3 is 2.39 bits per heavy atom. The Balaban J connectivity index is 2.17. The Kier molecular flexibility index (Phi) is 7.71. The summed E-state index contributed by atoms with van der Waals surface area (Å²) in [6.45, 7) is 4.55. The highest BCUT2D eigenvalue weighted by Crippen LogP contribution is 2.25. The van der Waals surface area contributed by atoms with Crippen molar-refractivity contribution >= 4 is 33.2 Å². The molecule has 0 heterocycles. The van der Waals surface area contributed by atoms with Crippen molar-refractivity contribution in [2.75, 3.05) is 17.2 Å². The lowest BCUT2D eigenvalue weighted by molar-refractivity contribution is -0.122. The Labute approximate surface area is 171 Å². The van der Waals surface area contributed by atoms with E-state index in [4.69, 9.17) is 16.3 Å². The number of nitrogens with zero attached hydrogens (tertiary/aromatic N) is 1. The lowest BCUT2D eigenvalue weighted by atomic mass is 10.1. The summed E-state index contributed by atoms with van der Waals surface area (Å²) in [5.41, 5.74) is 1.25. The molecule has 0 radical (unpaired) electrons. The predicted molar refractivity (Wildman–Crippen MR) is 112 cm³/mol. The summed E-state index contributed by atoms with van der Waals surface area (Å²) < 4.78 is 31.3. The smallest absolute Gasteiger partial charge is 0.244 e. The third kappa shape index (κ3) is 5.87. The van der Waals surface area contributed by atoms with E-state index in [9.17, 15) is 13.2 Å². The predicted octanol–water partition coefficient (Wildman–Crippen LogP) is 3.60. The number of anilines is 1. The molecule has 0 aliphatic heterocycles. The van der Waals surface area contributed by atoms with Crippen LogP contribution in [0.25, 0.3) is 0 Å². The highest BCUT2D eigenvalue weighted by molar-refractivity contribution is 7.92. The molecule has 1 N–H and O–H groups in total. The fraction of sp³-hybridized carbons (Fsp3) is 0.350. The summed E-state index contributed by atoms with van der Waals surface area (Å²) >= 11 is 6.01. The van der Waals surface area contributed by atoms with Crippen LogP contribution in [0.1, 0.15) is 25.8 Å². The van der Waals surface area contributed by atoms with Gasteiger partial charge in [0.1, 0.15) is 11.8 Å². The van der Waals surface area contributed by atoms with Crippen LogP contribution in [0.3, 0.4) is 0 Å². The zero-order chi connectivity index (χ0) is 20.7. The molecule has 6 nitrogen and oxygen atoms in total. The second kappa shape index (κ2) is 9.80. The number of hydrogen-bond acceptors (Lipinski definition) is 4. The molecule has 8 heteroatoms. The Morgan fingerprint density at radius 1 is 1.18 bits per heavy atom. The van der Waals surface area contributed by atoms with Gasteiger partial charge in [-0.25, -0.2) is 8.42 Å². The summed E-state index contributed by atoms with van der Waals surface area (Å²) in [7, 11) is -3.69. The molecule has 0 saturated heterocycles. The van der Waals surface area contributed by atoms with Crippen LogP contribution in [0, 0.1) is 0 Å². The first-order valence-corrected chi connectivity index (χ1v) is 11.2. The molecule has 1 amide bonds. The lowest BCUT2D eigenvalue weighted by Crippen LogP contribution is -2.49. The normalized spacial score (nSPS) is 12.3. The van der Waals surface area contributed by atoms with Gasteiger partial charge in [-0.1, -0.05) is 36.7 Å². The topological polar surface area (TPSA) is 75.7 Å². The molecular weight excluding hydrogens is 400 g/mol. The monoisotopic (exact) mass is 424 g/mol. The summed E-state index contributed by atoms with van der Waals surface area (Å²) in [4.78, 5) is 12.8. The van der Waals surface area contributed by atoms with Crippen molar-refractivity contribution in [1.29, 1.82) is 0 Å². The SMILES string of the molecule is CCOc1ccc(CNC(=O)[C@H](CC)N(c2cccc(Cl)c2)S(C)(=O)=O)cc1. The summed E-state index contributed by atoms with van der Waals surface area (Å²) in [6.07, 6.45) is 1.39. The van der Waals surface area contributed by atoms with E-state index in [0.29, 0.717) is 23.7 Å². The van der Waals surface area contributed by atoms with E-state index in [2.05, 4.69) is 5.32 Å². The molecule has 2 aromatic carbocycles. The van der Waals surface area contributed by atoms with Crippen molar-refractivity contribution in [2.45, 2.75) is 32.9 Å². The van der Waals surface area contributed by atoms with Crippen molar-refractivity contribution in [3.05, 3.63) is 59.1 Å². The van der Waals surface area contributed by atoms with Crippen LogP contribution in [0.4, 0.5) is 5.69 Å². The number of rotatable bonds is 9. The minimum absolute atomic E-state index is 0.287. The van der Waals surface area contributed by atoms with Gasteiger partial charge in [0.2, 0.25) is 15.9 Å². The van der Waals surface area contributed by atoms with Gasteiger partial charge in [0, 0.05) is 11.6 Å². The Hall–Kier alpha value is -2.25. The molecule has 0 aliphatic rings. The first-order chi connectivity index (χ1) is 13.3. The average molecular weight is 425 g/mol. The highest BCUT2D eigenvalue weighted by atomic mass is 35.5. The summed E-state index contributed by atoms with van der Waals surface area (Å²) in [5, 5.41) is 3.22. The second-order valence-corrected chi connectivity index (χ2v) is 8.55. The number of benzene rings is 2. The minimum Gasteiger partial charge on any atom is -0.494 e. The van der Waals surface area contributed by atoms with Crippen molar-refractivity contribution in [3.63, 3.8) is 0 Å². The number of amides is 1. The fourth-order valence-electron chi connectivity index (χ4n) is 2.85. The molecule has 0 saturated carbocycles. The first kappa shape index (κ1) is 22.0. The maximum absolute atomic E-state index is 12.8. The van der Waals surface area contributed by atoms with Crippen molar-refractivity contribution in [2.24, 2.45) is 0 Å². The third-order valence-corrected chi connectivity index (χ3v) is 5.51. The number of nitrogens with one attached hydrogen (secondary N) is 1.